The van der Waals surface area contributed by atoms with Crippen molar-refractivity contribution in [3.05, 3.63) is 45.1 Å². The Labute approximate surface area is 119 Å². The molecule has 0 amide bonds. The Bertz CT molecular complexity index is 736. The van der Waals surface area contributed by atoms with E-state index < -0.39 is 10.9 Å². The first kappa shape index (κ1) is 14.5. The normalized spacial score (nSPS) is 10.4. The molecule has 0 aliphatic heterocycles. The molecule has 0 aliphatic rings. The summed E-state index contributed by atoms with van der Waals surface area (Å²) in [6, 6.07) is 4.52. The Hall–Kier alpha value is -2.90. The number of carboxylic acids is 1. The van der Waals surface area contributed by atoms with Crippen LogP contribution in [0, 0.1) is 24.0 Å². The summed E-state index contributed by atoms with van der Waals surface area (Å²) in [5.74, 6) is -1.24. The first-order valence-electron chi connectivity index (χ1n) is 6.01. The van der Waals surface area contributed by atoms with Gasteiger partial charge in [0.25, 0.3) is 5.88 Å². The number of aromatic nitrogens is 2. The molecule has 0 bridgehead atoms. The first-order valence-corrected chi connectivity index (χ1v) is 6.01. The number of aryl methyl sites for hydroxylation is 3. The van der Waals surface area contributed by atoms with Crippen molar-refractivity contribution in [2.75, 3.05) is 0 Å². The quantitative estimate of drug-likeness (QED) is 0.684. The maximum absolute atomic E-state index is 11.2. The molecular weight excluding hydrogens is 278 g/mol. The third-order valence-corrected chi connectivity index (χ3v) is 2.90. The molecule has 1 aromatic heterocycles. The molecule has 0 aliphatic carbocycles. The molecule has 1 N–H and O–H groups in total. The summed E-state index contributed by atoms with van der Waals surface area (Å²) in [6.07, 6.45) is 0. The van der Waals surface area contributed by atoms with Crippen LogP contribution in [0.4, 0.5) is 5.69 Å². The van der Waals surface area contributed by atoms with Crippen LogP contribution in [0.25, 0.3) is 0 Å². The van der Waals surface area contributed by atoms with E-state index in [2.05, 4.69) is 5.10 Å². The summed E-state index contributed by atoms with van der Waals surface area (Å²) in [4.78, 5) is 21.7. The number of hydrogen-bond acceptors (Lipinski definition) is 5. The number of aromatic carboxylic acids is 1. The molecule has 21 heavy (non-hydrogen) atoms. The van der Waals surface area contributed by atoms with Gasteiger partial charge < -0.3 is 9.84 Å². The summed E-state index contributed by atoms with van der Waals surface area (Å²) in [5.41, 5.74) is 0.614. The number of ether oxygens (including phenoxy) is 1. The molecule has 0 fully saturated rings. The summed E-state index contributed by atoms with van der Waals surface area (Å²) in [7, 11) is 1.49. The van der Waals surface area contributed by atoms with Gasteiger partial charge in [-0.15, -0.1) is 0 Å². The van der Waals surface area contributed by atoms with Gasteiger partial charge in [0.15, 0.2) is 0 Å². The number of nitro groups is 1. The minimum atomic E-state index is -1.17. The van der Waals surface area contributed by atoms with Crippen LogP contribution in [0.15, 0.2) is 18.2 Å². The SMILES string of the molecule is Cc1ccc(C(=O)O)c(Oc2c([N+](=O)[O-])c(C)nn2C)c1. The third kappa shape index (κ3) is 2.69. The predicted molar refractivity (Wildman–Crippen MR) is 72.8 cm³/mol. The predicted octanol–water partition coefficient (Wildman–Crippen LogP) is 2.44. The van der Waals surface area contributed by atoms with Crippen LogP contribution in [-0.4, -0.2) is 25.8 Å². The van der Waals surface area contributed by atoms with Gasteiger partial charge in [-0.3, -0.25) is 10.1 Å². The number of nitrogens with zero attached hydrogens (tertiary/aromatic N) is 3. The minimum Gasteiger partial charge on any atom is -0.478 e. The molecule has 2 rings (SSSR count). The van der Waals surface area contributed by atoms with Crippen molar-refractivity contribution < 1.29 is 19.6 Å². The van der Waals surface area contributed by atoms with Crippen molar-refractivity contribution in [3.63, 3.8) is 0 Å². The fourth-order valence-corrected chi connectivity index (χ4v) is 1.95. The van der Waals surface area contributed by atoms with Crippen LogP contribution in [0.5, 0.6) is 11.6 Å². The monoisotopic (exact) mass is 291 g/mol. The Balaban J connectivity index is 2.55. The van der Waals surface area contributed by atoms with Gasteiger partial charge in [0.1, 0.15) is 17.0 Å². The molecule has 8 nitrogen and oxygen atoms in total. The highest BCUT2D eigenvalue weighted by atomic mass is 16.6. The van der Waals surface area contributed by atoms with E-state index in [4.69, 9.17) is 9.84 Å². The van der Waals surface area contributed by atoms with Crippen molar-refractivity contribution in [1.29, 1.82) is 0 Å². The van der Waals surface area contributed by atoms with E-state index >= 15 is 0 Å². The van der Waals surface area contributed by atoms with E-state index in [1.54, 1.807) is 13.0 Å². The second-order valence-electron chi connectivity index (χ2n) is 4.53. The van der Waals surface area contributed by atoms with Gasteiger partial charge in [-0.2, -0.15) is 5.10 Å². The van der Waals surface area contributed by atoms with Gasteiger partial charge in [-0.05, 0) is 31.5 Å². The lowest BCUT2D eigenvalue weighted by Gasteiger charge is -2.09. The van der Waals surface area contributed by atoms with E-state index in [-0.39, 0.29) is 28.6 Å². The number of benzene rings is 1. The fraction of sp³-hybridized carbons (Fsp3) is 0.231. The molecule has 1 heterocycles. The van der Waals surface area contributed by atoms with Crippen LogP contribution < -0.4 is 4.74 Å². The number of hydrogen-bond donors (Lipinski definition) is 1. The average molecular weight is 291 g/mol. The topological polar surface area (TPSA) is 107 Å². The number of carboxylic acid groups (broad SMARTS) is 1. The smallest absolute Gasteiger partial charge is 0.353 e. The van der Waals surface area contributed by atoms with Gasteiger partial charge in [0.2, 0.25) is 0 Å². The Kier molecular flexibility index (Phi) is 3.62. The van der Waals surface area contributed by atoms with Crippen LogP contribution in [0.1, 0.15) is 21.6 Å². The Morgan fingerprint density at radius 1 is 1.43 bits per heavy atom. The Morgan fingerprint density at radius 3 is 2.67 bits per heavy atom. The van der Waals surface area contributed by atoms with Crippen molar-refractivity contribution in [2.24, 2.45) is 7.05 Å². The Morgan fingerprint density at radius 2 is 2.10 bits per heavy atom. The summed E-state index contributed by atoms with van der Waals surface area (Å²) in [6.45, 7) is 3.25. The lowest BCUT2D eigenvalue weighted by Crippen LogP contribution is -2.03. The first-order chi connectivity index (χ1) is 9.81. The molecule has 0 unspecified atom stereocenters. The molecule has 0 saturated heterocycles. The van der Waals surface area contributed by atoms with Gasteiger partial charge in [0, 0.05) is 7.05 Å². The summed E-state index contributed by atoms with van der Waals surface area (Å²) < 4.78 is 6.68. The largest absolute Gasteiger partial charge is 0.478 e. The zero-order chi connectivity index (χ0) is 15.7. The van der Waals surface area contributed by atoms with E-state index in [0.29, 0.717) is 0 Å². The molecule has 0 spiro atoms. The minimum absolute atomic E-state index is 0.0357. The second kappa shape index (κ2) is 5.23. The summed E-state index contributed by atoms with van der Waals surface area (Å²) in [5, 5.41) is 24.2. The molecule has 1 aromatic carbocycles. The van der Waals surface area contributed by atoms with Crippen LogP contribution in [-0.2, 0) is 7.05 Å². The van der Waals surface area contributed by atoms with Gasteiger partial charge >= 0.3 is 11.7 Å². The zero-order valence-corrected chi connectivity index (χ0v) is 11.7. The van der Waals surface area contributed by atoms with Crippen molar-refractivity contribution in [1.82, 2.24) is 9.78 Å². The average Bonchev–Trinajstić information content (AvgIpc) is 2.63. The van der Waals surface area contributed by atoms with Gasteiger partial charge in [0.05, 0.1) is 4.92 Å². The highest BCUT2D eigenvalue weighted by molar-refractivity contribution is 5.91. The molecule has 8 heteroatoms. The summed E-state index contributed by atoms with van der Waals surface area (Å²) >= 11 is 0. The van der Waals surface area contributed by atoms with Crippen molar-refractivity contribution in [3.8, 4) is 11.6 Å². The lowest BCUT2D eigenvalue weighted by atomic mass is 10.1. The van der Waals surface area contributed by atoms with E-state index in [1.165, 1.54) is 30.8 Å². The van der Waals surface area contributed by atoms with Gasteiger partial charge in [-0.1, -0.05) is 6.07 Å². The maximum Gasteiger partial charge on any atom is 0.353 e. The highest BCUT2D eigenvalue weighted by Crippen LogP contribution is 2.35. The molecule has 0 atom stereocenters. The van der Waals surface area contributed by atoms with Crippen LogP contribution in [0.2, 0.25) is 0 Å². The maximum atomic E-state index is 11.2. The second-order valence-corrected chi connectivity index (χ2v) is 4.53. The molecule has 110 valence electrons. The van der Waals surface area contributed by atoms with Crippen LogP contribution in [0.3, 0.4) is 0 Å². The number of carbonyl (C=O) groups is 1. The molecular formula is C13H13N3O5. The molecule has 0 saturated carbocycles. The molecule has 0 radical (unpaired) electrons. The van der Waals surface area contributed by atoms with E-state index in [0.717, 1.165) is 5.56 Å². The lowest BCUT2D eigenvalue weighted by molar-refractivity contribution is -0.386. The van der Waals surface area contributed by atoms with E-state index in [1.807, 2.05) is 0 Å². The number of rotatable bonds is 4. The molecule has 2 aromatic rings. The highest BCUT2D eigenvalue weighted by Gasteiger charge is 2.27. The van der Waals surface area contributed by atoms with Crippen LogP contribution >= 0.6 is 0 Å². The standard InChI is InChI=1S/C13H13N3O5/c1-7-4-5-9(13(17)18)10(6-7)21-12-11(16(19)20)8(2)14-15(12)3/h4-6H,1-3H3,(H,17,18). The fourth-order valence-electron chi connectivity index (χ4n) is 1.95. The van der Waals surface area contributed by atoms with Crippen molar-refractivity contribution >= 4 is 11.7 Å². The van der Waals surface area contributed by atoms with Crippen molar-refractivity contribution in [2.45, 2.75) is 13.8 Å². The van der Waals surface area contributed by atoms with Gasteiger partial charge in [-0.25, -0.2) is 9.48 Å². The van der Waals surface area contributed by atoms with E-state index in [9.17, 15) is 14.9 Å². The zero-order valence-electron chi connectivity index (χ0n) is 11.7. The third-order valence-electron chi connectivity index (χ3n) is 2.90.